The van der Waals surface area contributed by atoms with Crippen LogP contribution in [0.15, 0.2) is 24.3 Å². The monoisotopic (exact) mass is 299 g/mol. The van der Waals surface area contributed by atoms with Gasteiger partial charge < -0.3 is 0 Å². The Bertz CT molecular complexity index is 766. The van der Waals surface area contributed by atoms with Crippen LogP contribution in [-0.4, -0.2) is 16.6 Å². The van der Waals surface area contributed by atoms with Crippen molar-refractivity contribution in [1.82, 2.24) is 4.98 Å². The fourth-order valence-corrected chi connectivity index (χ4v) is 2.46. The van der Waals surface area contributed by atoms with Crippen LogP contribution in [0, 0.1) is 19.7 Å². The summed E-state index contributed by atoms with van der Waals surface area (Å²) >= 11 is 0. The third-order valence-corrected chi connectivity index (χ3v) is 3.79. The summed E-state index contributed by atoms with van der Waals surface area (Å²) in [6, 6.07) is 7.73. The quantitative estimate of drug-likeness (QED) is 0.806. The van der Waals surface area contributed by atoms with Crippen LogP contribution in [0.5, 0.6) is 0 Å². The van der Waals surface area contributed by atoms with E-state index in [1.165, 1.54) is 13.8 Å². The van der Waals surface area contributed by atoms with Gasteiger partial charge in [-0.2, -0.15) is 0 Å². The van der Waals surface area contributed by atoms with Crippen LogP contribution in [0.1, 0.15) is 57.1 Å². The molecule has 0 bridgehead atoms. The zero-order valence-corrected chi connectivity index (χ0v) is 13.2. The molecule has 1 aromatic carbocycles. The minimum Gasteiger partial charge on any atom is -0.293 e. The maximum Gasteiger partial charge on any atom is 0.181 e. The molecule has 0 N–H and O–H groups in total. The van der Waals surface area contributed by atoms with E-state index in [0.717, 1.165) is 11.1 Å². The van der Waals surface area contributed by atoms with E-state index in [4.69, 9.17) is 0 Å². The maximum atomic E-state index is 14.4. The number of nitrogens with zero attached hydrogens (tertiary/aromatic N) is 1. The Hall–Kier alpha value is -2.36. The van der Waals surface area contributed by atoms with Gasteiger partial charge in [-0.1, -0.05) is 24.3 Å². The second kappa shape index (κ2) is 6.18. The standard InChI is InChI=1S/C18H18FNO2/c1-10-7-5-6-8-14(10)9-15-11(2)16(19)18(13(4)22)20-17(15)12(3)21/h5-8H,9H2,1-4H3. The molecule has 0 amide bonds. The summed E-state index contributed by atoms with van der Waals surface area (Å²) < 4.78 is 14.4. The smallest absolute Gasteiger partial charge is 0.181 e. The average Bonchev–Trinajstić information content (AvgIpc) is 2.45. The van der Waals surface area contributed by atoms with Crippen molar-refractivity contribution >= 4 is 11.6 Å². The molecule has 0 aliphatic rings. The molecule has 114 valence electrons. The van der Waals surface area contributed by atoms with Gasteiger partial charge in [0.15, 0.2) is 17.4 Å². The molecular formula is C18H18FNO2. The number of Topliss-reactive ketones (excluding diaryl/α,β-unsaturated/α-hetero) is 2. The van der Waals surface area contributed by atoms with Gasteiger partial charge in [-0.25, -0.2) is 9.37 Å². The lowest BCUT2D eigenvalue weighted by Gasteiger charge is -2.14. The zero-order valence-electron chi connectivity index (χ0n) is 13.2. The molecule has 0 unspecified atom stereocenters. The molecule has 4 heteroatoms. The summed E-state index contributed by atoms with van der Waals surface area (Å²) in [6.07, 6.45) is 0.412. The van der Waals surface area contributed by atoms with Gasteiger partial charge in [0, 0.05) is 20.3 Å². The van der Waals surface area contributed by atoms with E-state index in [1.807, 2.05) is 31.2 Å². The van der Waals surface area contributed by atoms with Crippen LogP contribution in [0.4, 0.5) is 4.39 Å². The average molecular weight is 299 g/mol. The number of hydrogen-bond acceptors (Lipinski definition) is 3. The lowest BCUT2D eigenvalue weighted by molar-refractivity contribution is 0.100. The van der Waals surface area contributed by atoms with Crippen molar-refractivity contribution in [3.63, 3.8) is 0 Å². The van der Waals surface area contributed by atoms with Crippen molar-refractivity contribution in [1.29, 1.82) is 0 Å². The summed E-state index contributed by atoms with van der Waals surface area (Å²) in [4.78, 5) is 27.4. The van der Waals surface area contributed by atoms with Crippen molar-refractivity contribution in [2.24, 2.45) is 0 Å². The number of pyridine rings is 1. The van der Waals surface area contributed by atoms with Crippen LogP contribution in [0.3, 0.4) is 0 Å². The fraction of sp³-hybridized carbons (Fsp3) is 0.278. The number of carbonyl (C=O) groups excluding carboxylic acids is 2. The van der Waals surface area contributed by atoms with Gasteiger partial charge in [0.25, 0.3) is 0 Å². The van der Waals surface area contributed by atoms with Gasteiger partial charge in [-0.3, -0.25) is 9.59 Å². The first-order valence-electron chi connectivity index (χ1n) is 7.08. The summed E-state index contributed by atoms with van der Waals surface area (Å²) in [5.74, 6) is -1.39. The topological polar surface area (TPSA) is 47.0 Å². The number of hydrogen-bond donors (Lipinski definition) is 0. The second-order valence-corrected chi connectivity index (χ2v) is 5.44. The van der Waals surface area contributed by atoms with Gasteiger partial charge in [0.2, 0.25) is 0 Å². The predicted octanol–water partition coefficient (Wildman–Crippen LogP) is 3.83. The van der Waals surface area contributed by atoms with Gasteiger partial charge in [-0.05, 0) is 36.1 Å². The molecule has 0 atom stereocenters. The normalized spacial score (nSPS) is 10.6. The van der Waals surface area contributed by atoms with Crippen molar-refractivity contribution < 1.29 is 14.0 Å². The van der Waals surface area contributed by atoms with Crippen molar-refractivity contribution in [3.05, 3.63) is 63.7 Å². The van der Waals surface area contributed by atoms with E-state index in [0.29, 0.717) is 17.5 Å². The molecule has 1 aromatic heterocycles. The van der Waals surface area contributed by atoms with E-state index in [9.17, 15) is 14.0 Å². The van der Waals surface area contributed by atoms with E-state index in [2.05, 4.69) is 4.98 Å². The number of ketones is 2. The highest BCUT2D eigenvalue weighted by Gasteiger charge is 2.22. The Morgan fingerprint density at radius 1 is 1.05 bits per heavy atom. The summed E-state index contributed by atoms with van der Waals surface area (Å²) in [5, 5.41) is 0. The van der Waals surface area contributed by atoms with E-state index in [1.54, 1.807) is 6.92 Å². The molecule has 0 saturated heterocycles. The van der Waals surface area contributed by atoms with Crippen molar-refractivity contribution in [3.8, 4) is 0 Å². The Kier molecular flexibility index (Phi) is 4.50. The molecule has 1 heterocycles. The van der Waals surface area contributed by atoms with Gasteiger partial charge in [0.1, 0.15) is 11.4 Å². The first kappa shape index (κ1) is 16.0. The molecule has 0 aliphatic heterocycles. The Labute approximate surface area is 129 Å². The first-order chi connectivity index (χ1) is 10.3. The van der Waals surface area contributed by atoms with Crippen molar-refractivity contribution in [2.75, 3.05) is 0 Å². The van der Waals surface area contributed by atoms with E-state index < -0.39 is 11.6 Å². The molecule has 2 aromatic rings. The summed E-state index contributed by atoms with van der Waals surface area (Å²) in [7, 11) is 0. The largest absolute Gasteiger partial charge is 0.293 e. The van der Waals surface area contributed by atoms with E-state index in [-0.39, 0.29) is 17.2 Å². The molecule has 0 spiro atoms. The molecule has 0 saturated carbocycles. The molecule has 2 rings (SSSR count). The maximum absolute atomic E-state index is 14.4. The van der Waals surface area contributed by atoms with E-state index >= 15 is 0 Å². The van der Waals surface area contributed by atoms with Crippen LogP contribution in [0.2, 0.25) is 0 Å². The predicted molar refractivity (Wildman–Crippen MR) is 82.9 cm³/mol. The van der Waals surface area contributed by atoms with Crippen molar-refractivity contribution in [2.45, 2.75) is 34.1 Å². The van der Waals surface area contributed by atoms with Gasteiger partial charge in [0.05, 0.1) is 0 Å². The van der Waals surface area contributed by atoms with Crippen LogP contribution < -0.4 is 0 Å². The number of benzene rings is 1. The molecule has 3 nitrogen and oxygen atoms in total. The highest BCUT2D eigenvalue weighted by molar-refractivity contribution is 5.97. The van der Waals surface area contributed by atoms with Crippen LogP contribution in [-0.2, 0) is 6.42 Å². The number of aromatic nitrogens is 1. The lowest BCUT2D eigenvalue weighted by atomic mass is 9.94. The van der Waals surface area contributed by atoms with Crippen LogP contribution >= 0.6 is 0 Å². The number of carbonyl (C=O) groups is 2. The fourth-order valence-electron chi connectivity index (χ4n) is 2.46. The molecule has 0 fully saturated rings. The third-order valence-electron chi connectivity index (χ3n) is 3.79. The molecular weight excluding hydrogens is 281 g/mol. The minimum atomic E-state index is -0.638. The second-order valence-electron chi connectivity index (χ2n) is 5.44. The Morgan fingerprint density at radius 3 is 2.18 bits per heavy atom. The number of halogens is 1. The summed E-state index contributed by atoms with van der Waals surface area (Å²) in [5.41, 5.74) is 2.83. The highest BCUT2D eigenvalue weighted by Crippen LogP contribution is 2.24. The highest BCUT2D eigenvalue weighted by atomic mass is 19.1. The third kappa shape index (κ3) is 2.96. The number of aryl methyl sites for hydroxylation is 1. The van der Waals surface area contributed by atoms with Gasteiger partial charge in [-0.15, -0.1) is 0 Å². The first-order valence-corrected chi connectivity index (χ1v) is 7.08. The molecule has 0 radical (unpaired) electrons. The Morgan fingerprint density at radius 2 is 1.64 bits per heavy atom. The zero-order chi connectivity index (χ0) is 16.4. The summed E-state index contributed by atoms with van der Waals surface area (Å²) in [6.45, 7) is 6.18. The SMILES string of the molecule is CC(=O)c1nc(C(C)=O)c(Cc2ccccc2C)c(C)c1F. The minimum absolute atomic E-state index is 0.173. The number of rotatable bonds is 4. The Balaban J connectivity index is 2.65. The van der Waals surface area contributed by atoms with Gasteiger partial charge >= 0.3 is 0 Å². The molecule has 22 heavy (non-hydrogen) atoms. The van der Waals surface area contributed by atoms with Crippen LogP contribution in [0.25, 0.3) is 0 Å². The molecule has 0 aliphatic carbocycles. The lowest BCUT2D eigenvalue weighted by Crippen LogP contribution is -2.14.